The van der Waals surface area contributed by atoms with E-state index in [4.69, 9.17) is 0 Å². The molecule has 0 aromatic heterocycles. The third-order valence-corrected chi connectivity index (χ3v) is 3.04. The van der Waals surface area contributed by atoms with Crippen molar-refractivity contribution in [3.63, 3.8) is 0 Å². The van der Waals surface area contributed by atoms with Crippen molar-refractivity contribution >= 4 is 5.69 Å². The molecule has 1 rings (SSSR count). The van der Waals surface area contributed by atoms with Crippen molar-refractivity contribution in [1.82, 2.24) is 4.90 Å². The first kappa shape index (κ1) is 14.8. The summed E-state index contributed by atoms with van der Waals surface area (Å²) in [5.41, 5.74) is 4.92. The zero-order chi connectivity index (χ0) is 13.9. The van der Waals surface area contributed by atoms with E-state index in [1.807, 2.05) is 0 Å². The fourth-order valence-electron chi connectivity index (χ4n) is 1.62. The van der Waals surface area contributed by atoms with E-state index >= 15 is 0 Å². The highest BCUT2D eigenvalue weighted by molar-refractivity contribution is 5.52. The highest BCUT2D eigenvalue weighted by Gasteiger charge is 2.15. The Morgan fingerprint density at radius 2 is 1.89 bits per heavy atom. The highest BCUT2D eigenvalue weighted by atomic mass is 15.0. The fraction of sp³-hybridized carbons (Fsp3) is 0.500. The SMILES string of the molecule is C=C(Nc1ccc(C)c(CN(C)C)c1)C(C)(C)C. The summed E-state index contributed by atoms with van der Waals surface area (Å²) in [4.78, 5) is 2.19. The first-order chi connectivity index (χ1) is 8.20. The van der Waals surface area contributed by atoms with Gasteiger partial charge in [0.05, 0.1) is 0 Å². The maximum absolute atomic E-state index is 4.11. The summed E-state index contributed by atoms with van der Waals surface area (Å²) in [5, 5.41) is 3.41. The van der Waals surface area contributed by atoms with E-state index in [0.29, 0.717) is 0 Å². The Hall–Kier alpha value is -1.28. The summed E-state index contributed by atoms with van der Waals surface area (Å²) in [6.07, 6.45) is 0. The third kappa shape index (κ3) is 4.19. The summed E-state index contributed by atoms with van der Waals surface area (Å²) in [6.45, 7) is 13.7. The van der Waals surface area contributed by atoms with Crippen LogP contribution in [-0.4, -0.2) is 19.0 Å². The van der Waals surface area contributed by atoms with Crippen LogP contribution in [0.25, 0.3) is 0 Å². The molecule has 0 heterocycles. The van der Waals surface area contributed by atoms with E-state index < -0.39 is 0 Å². The van der Waals surface area contributed by atoms with Gasteiger partial charge in [-0.25, -0.2) is 0 Å². The first-order valence-corrected chi connectivity index (χ1v) is 6.41. The predicted octanol–water partition coefficient (Wildman–Crippen LogP) is 4.03. The van der Waals surface area contributed by atoms with Gasteiger partial charge in [0.2, 0.25) is 0 Å². The Morgan fingerprint density at radius 1 is 1.28 bits per heavy atom. The average Bonchev–Trinajstić information content (AvgIpc) is 2.20. The van der Waals surface area contributed by atoms with Crippen LogP contribution in [0, 0.1) is 12.3 Å². The van der Waals surface area contributed by atoms with Crippen LogP contribution in [0.3, 0.4) is 0 Å². The van der Waals surface area contributed by atoms with Crippen LogP contribution < -0.4 is 5.32 Å². The second-order valence-corrected chi connectivity index (χ2v) is 6.23. The number of hydrogen-bond acceptors (Lipinski definition) is 2. The number of allylic oxidation sites excluding steroid dienone is 1. The maximum atomic E-state index is 4.11. The summed E-state index contributed by atoms with van der Waals surface area (Å²) in [7, 11) is 4.18. The number of nitrogens with zero attached hydrogens (tertiary/aromatic N) is 1. The van der Waals surface area contributed by atoms with Gasteiger partial charge in [0.1, 0.15) is 0 Å². The number of nitrogens with one attached hydrogen (secondary N) is 1. The summed E-state index contributed by atoms with van der Waals surface area (Å²) < 4.78 is 0. The van der Waals surface area contributed by atoms with E-state index in [-0.39, 0.29) is 5.41 Å². The van der Waals surface area contributed by atoms with E-state index in [0.717, 1.165) is 17.9 Å². The molecule has 0 bridgehead atoms. The fourth-order valence-corrected chi connectivity index (χ4v) is 1.62. The zero-order valence-corrected chi connectivity index (χ0v) is 12.6. The monoisotopic (exact) mass is 246 g/mol. The largest absolute Gasteiger partial charge is 0.359 e. The van der Waals surface area contributed by atoms with Crippen molar-refractivity contribution in [2.75, 3.05) is 19.4 Å². The molecule has 2 nitrogen and oxygen atoms in total. The quantitative estimate of drug-likeness (QED) is 0.863. The molecule has 0 radical (unpaired) electrons. The molecular formula is C16H26N2. The number of aryl methyl sites for hydroxylation is 1. The molecule has 0 atom stereocenters. The minimum absolute atomic E-state index is 0.0760. The Bertz CT molecular complexity index is 425. The molecule has 0 spiro atoms. The van der Waals surface area contributed by atoms with Crippen molar-refractivity contribution in [2.24, 2.45) is 5.41 Å². The highest BCUT2D eigenvalue weighted by Crippen LogP contribution is 2.26. The minimum atomic E-state index is 0.0760. The van der Waals surface area contributed by atoms with Gasteiger partial charge in [-0.05, 0) is 44.3 Å². The topological polar surface area (TPSA) is 15.3 Å². The van der Waals surface area contributed by atoms with Crippen LogP contribution in [0.2, 0.25) is 0 Å². The van der Waals surface area contributed by atoms with Crippen molar-refractivity contribution in [1.29, 1.82) is 0 Å². The summed E-state index contributed by atoms with van der Waals surface area (Å²) >= 11 is 0. The van der Waals surface area contributed by atoms with E-state index in [1.54, 1.807) is 0 Å². The molecule has 18 heavy (non-hydrogen) atoms. The van der Waals surface area contributed by atoms with Gasteiger partial charge in [-0.15, -0.1) is 0 Å². The van der Waals surface area contributed by atoms with Crippen molar-refractivity contribution in [3.8, 4) is 0 Å². The molecule has 0 aliphatic carbocycles. The van der Waals surface area contributed by atoms with Crippen molar-refractivity contribution in [2.45, 2.75) is 34.2 Å². The zero-order valence-electron chi connectivity index (χ0n) is 12.6. The van der Waals surface area contributed by atoms with Crippen LogP contribution in [0.5, 0.6) is 0 Å². The standard InChI is InChI=1S/C16H26N2/c1-12-8-9-15(10-14(12)11-18(6)7)17-13(2)16(3,4)5/h8-10,17H,2,11H2,1,3-7H3. The lowest BCUT2D eigenvalue weighted by atomic mass is 9.92. The van der Waals surface area contributed by atoms with Gasteiger partial charge in [0.25, 0.3) is 0 Å². The Morgan fingerprint density at radius 3 is 2.39 bits per heavy atom. The van der Waals surface area contributed by atoms with Crippen LogP contribution in [0.1, 0.15) is 31.9 Å². The second kappa shape index (κ2) is 5.57. The molecule has 0 saturated heterocycles. The molecule has 1 N–H and O–H groups in total. The summed E-state index contributed by atoms with van der Waals surface area (Å²) in [6, 6.07) is 6.49. The molecule has 0 amide bonds. The normalized spacial score (nSPS) is 11.7. The van der Waals surface area contributed by atoms with E-state index in [9.17, 15) is 0 Å². The molecule has 1 aromatic carbocycles. The Labute approximate surface area is 112 Å². The average molecular weight is 246 g/mol. The second-order valence-electron chi connectivity index (χ2n) is 6.23. The molecule has 1 aromatic rings. The van der Waals surface area contributed by atoms with Gasteiger partial charge >= 0.3 is 0 Å². The first-order valence-electron chi connectivity index (χ1n) is 6.41. The third-order valence-electron chi connectivity index (χ3n) is 3.04. The molecule has 0 aliphatic rings. The van der Waals surface area contributed by atoms with Gasteiger partial charge in [-0.1, -0.05) is 33.4 Å². The lowest BCUT2D eigenvalue weighted by molar-refractivity contribution is 0.401. The van der Waals surface area contributed by atoms with Gasteiger partial charge in [-0.3, -0.25) is 0 Å². The molecule has 0 fully saturated rings. The van der Waals surface area contributed by atoms with Gasteiger partial charge in [0.15, 0.2) is 0 Å². The number of anilines is 1. The molecule has 2 heteroatoms. The van der Waals surface area contributed by atoms with Crippen LogP contribution in [0.15, 0.2) is 30.5 Å². The van der Waals surface area contributed by atoms with E-state index in [1.165, 1.54) is 11.1 Å². The molecule has 0 saturated carbocycles. The smallest absolute Gasteiger partial charge is 0.0385 e. The number of rotatable bonds is 4. The molecule has 0 unspecified atom stereocenters. The van der Waals surface area contributed by atoms with Crippen molar-refractivity contribution in [3.05, 3.63) is 41.6 Å². The number of benzene rings is 1. The number of hydrogen-bond donors (Lipinski definition) is 1. The van der Waals surface area contributed by atoms with Crippen LogP contribution in [-0.2, 0) is 6.54 Å². The van der Waals surface area contributed by atoms with Gasteiger partial charge < -0.3 is 10.2 Å². The molecular weight excluding hydrogens is 220 g/mol. The van der Waals surface area contributed by atoms with Crippen LogP contribution >= 0.6 is 0 Å². The predicted molar refractivity (Wildman–Crippen MR) is 80.8 cm³/mol. The van der Waals surface area contributed by atoms with Gasteiger partial charge in [-0.2, -0.15) is 0 Å². The summed E-state index contributed by atoms with van der Waals surface area (Å²) in [5.74, 6) is 0. The van der Waals surface area contributed by atoms with E-state index in [2.05, 4.69) is 76.8 Å². The lowest BCUT2D eigenvalue weighted by Crippen LogP contribution is -2.16. The Kier molecular flexibility index (Phi) is 4.58. The minimum Gasteiger partial charge on any atom is -0.359 e. The Balaban J connectivity index is 2.89. The molecule has 0 aliphatic heterocycles. The molecule has 100 valence electrons. The van der Waals surface area contributed by atoms with Crippen LogP contribution in [0.4, 0.5) is 5.69 Å². The van der Waals surface area contributed by atoms with Crippen molar-refractivity contribution < 1.29 is 0 Å². The van der Waals surface area contributed by atoms with Gasteiger partial charge in [0, 0.05) is 23.3 Å². The maximum Gasteiger partial charge on any atom is 0.0385 e. The lowest BCUT2D eigenvalue weighted by Gasteiger charge is -2.24.